The Bertz CT molecular complexity index is 540. The molecule has 0 bridgehead atoms. The summed E-state index contributed by atoms with van der Waals surface area (Å²) < 4.78 is 20.0. The van der Waals surface area contributed by atoms with Gasteiger partial charge in [-0.15, -0.1) is 0 Å². The molecule has 94 valence electrons. The largest absolute Gasteiger partial charge is 0.497 e. The van der Waals surface area contributed by atoms with Crippen molar-refractivity contribution in [3.63, 3.8) is 0 Å². The molecule has 0 heterocycles. The van der Waals surface area contributed by atoms with Crippen LogP contribution in [0.5, 0.6) is 5.75 Å². The quantitative estimate of drug-likeness (QED) is 0.932. The first kappa shape index (κ1) is 12.9. The average molecular weight is 282 g/mol. The van der Waals surface area contributed by atoms with Crippen molar-refractivity contribution in [2.45, 2.75) is 4.90 Å². The van der Waals surface area contributed by atoms with E-state index in [9.17, 15) is 4.21 Å². The maximum absolute atomic E-state index is 12.0. The first-order valence-corrected chi connectivity index (χ1v) is 6.80. The highest BCUT2D eigenvalue weighted by Gasteiger charge is 2.03. The van der Waals surface area contributed by atoms with Gasteiger partial charge in [0.2, 0.25) is 0 Å². The maximum atomic E-state index is 12.0. The summed E-state index contributed by atoms with van der Waals surface area (Å²) in [6, 6.07) is 14.1. The van der Waals surface area contributed by atoms with Gasteiger partial charge < -0.3 is 9.46 Å². The van der Waals surface area contributed by atoms with E-state index in [2.05, 4.69) is 4.72 Å². The minimum absolute atomic E-state index is 0.625. The van der Waals surface area contributed by atoms with E-state index in [-0.39, 0.29) is 0 Å². The van der Waals surface area contributed by atoms with Crippen molar-refractivity contribution >= 4 is 28.3 Å². The third-order valence-corrected chi connectivity index (χ3v) is 3.70. The number of hydrogen-bond acceptors (Lipinski definition) is 2. The van der Waals surface area contributed by atoms with E-state index >= 15 is 0 Å². The highest BCUT2D eigenvalue weighted by molar-refractivity contribution is 7.86. The first-order valence-electron chi connectivity index (χ1n) is 5.27. The minimum Gasteiger partial charge on any atom is -0.497 e. The summed E-state index contributed by atoms with van der Waals surface area (Å²) in [5, 5.41) is 0.625. The van der Waals surface area contributed by atoms with E-state index < -0.39 is 11.0 Å². The SMILES string of the molecule is COc1ccc(N[S@@](=O)c2ccc(Cl)cc2)cc1. The molecule has 1 atom stereocenters. The zero-order valence-corrected chi connectivity index (χ0v) is 11.3. The summed E-state index contributed by atoms with van der Waals surface area (Å²) in [6.45, 7) is 0. The van der Waals surface area contributed by atoms with Crippen LogP contribution in [-0.2, 0) is 11.0 Å². The van der Waals surface area contributed by atoms with Gasteiger partial charge in [-0.1, -0.05) is 11.6 Å². The van der Waals surface area contributed by atoms with E-state index in [1.54, 1.807) is 43.5 Å². The Morgan fingerprint density at radius 1 is 1.06 bits per heavy atom. The number of halogens is 1. The number of ether oxygens (including phenoxy) is 1. The van der Waals surface area contributed by atoms with E-state index in [0.717, 1.165) is 11.4 Å². The van der Waals surface area contributed by atoms with Gasteiger partial charge in [-0.3, -0.25) is 0 Å². The molecule has 0 aliphatic carbocycles. The lowest BCUT2D eigenvalue weighted by atomic mass is 10.3. The van der Waals surface area contributed by atoms with Gasteiger partial charge in [-0.25, -0.2) is 4.21 Å². The molecule has 5 heteroatoms. The molecular formula is C13H12ClNO2S. The predicted molar refractivity (Wildman–Crippen MR) is 74.5 cm³/mol. The van der Waals surface area contributed by atoms with Crippen molar-refractivity contribution in [3.05, 3.63) is 53.6 Å². The van der Waals surface area contributed by atoms with Gasteiger partial charge in [-0.05, 0) is 48.5 Å². The van der Waals surface area contributed by atoms with E-state index in [1.165, 1.54) is 0 Å². The predicted octanol–water partition coefficient (Wildman–Crippen LogP) is 3.48. The first-order chi connectivity index (χ1) is 8.69. The normalized spacial score (nSPS) is 11.9. The molecule has 3 nitrogen and oxygen atoms in total. The lowest BCUT2D eigenvalue weighted by molar-refractivity contribution is 0.415. The molecule has 0 saturated heterocycles. The lowest BCUT2D eigenvalue weighted by Crippen LogP contribution is -2.04. The number of nitrogens with one attached hydrogen (secondary N) is 1. The Labute approximate surface area is 113 Å². The molecule has 0 amide bonds. The Morgan fingerprint density at radius 2 is 1.67 bits per heavy atom. The van der Waals surface area contributed by atoms with Gasteiger partial charge in [0.05, 0.1) is 12.0 Å². The fourth-order valence-electron chi connectivity index (χ4n) is 1.38. The van der Waals surface area contributed by atoms with Crippen molar-refractivity contribution in [1.29, 1.82) is 0 Å². The topological polar surface area (TPSA) is 38.3 Å². The van der Waals surface area contributed by atoms with Crippen molar-refractivity contribution in [1.82, 2.24) is 0 Å². The van der Waals surface area contributed by atoms with Crippen LogP contribution in [-0.4, -0.2) is 11.3 Å². The van der Waals surface area contributed by atoms with Crippen LogP contribution in [0.25, 0.3) is 0 Å². The molecule has 0 saturated carbocycles. The summed E-state index contributed by atoms with van der Waals surface area (Å²) in [4.78, 5) is 0.676. The Morgan fingerprint density at radius 3 is 2.22 bits per heavy atom. The molecular weight excluding hydrogens is 270 g/mol. The van der Waals surface area contributed by atoms with Gasteiger partial charge >= 0.3 is 0 Å². The Hall–Kier alpha value is -1.52. The number of anilines is 1. The van der Waals surface area contributed by atoms with E-state index in [1.807, 2.05) is 12.1 Å². The molecule has 2 aromatic carbocycles. The molecule has 2 rings (SSSR count). The second kappa shape index (κ2) is 5.89. The van der Waals surface area contributed by atoms with Crippen LogP contribution in [0.2, 0.25) is 5.02 Å². The number of hydrogen-bond donors (Lipinski definition) is 1. The highest BCUT2D eigenvalue weighted by Crippen LogP contribution is 2.18. The zero-order valence-electron chi connectivity index (χ0n) is 9.72. The summed E-state index contributed by atoms with van der Waals surface area (Å²) in [5.74, 6) is 0.762. The highest BCUT2D eigenvalue weighted by atomic mass is 35.5. The standard InChI is InChI=1S/C13H12ClNO2S/c1-17-12-6-4-11(5-7-12)15-18(16)13-8-2-10(14)3-9-13/h2-9,15H,1H3/t18-/m0/s1. The van der Waals surface area contributed by atoms with Gasteiger partial charge in [0.1, 0.15) is 16.7 Å². The minimum atomic E-state index is -1.30. The third kappa shape index (κ3) is 3.24. The van der Waals surface area contributed by atoms with Gasteiger partial charge in [-0.2, -0.15) is 0 Å². The lowest BCUT2D eigenvalue weighted by Gasteiger charge is -2.07. The third-order valence-electron chi connectivity index (χ3n) is 2.33. The van der Waals surface area contributed by atoms with Crippen LogP contribution in [0.3, 0.4) is 0 Å². The summed E-state index contributed by atoms with van der Waals surface area (Å²) in [5.41, 5.74) is 0.768. The maximum Gasteiger partial charge on any atom is 0.150 e. The van der Waals surface area contributed by atoms with Crippen LogP contribution in [0.15, 0.2) is 53.4 Å². The summed E-state index contributed by atoms with van der Waals surface area (Å²) >= 11 is 5.78. The van der Waals surface area contributed by atoms with Gasteiger partial charge in [0.25, 0.3) is 0 Å². The van der Waals surface area contributed by atoms with Crippen LogP contribution in [0.1, 0.15) is 0 Å². The van der Waals surface area contributed by atoms with Crippen molar-refractivity contribution in [3.8, 4) is 5.75 Å². The van der Waals surface area contributed by atoms with Crippen molar-refractivity contribution in [2.75, 3.05) is 11.8 Å². The second-order valence-corrected chi connectivity index (χ2v) is 5.20. The monoisotopic (exact) mass is 281 g/mol. The number of benzene rings is 2. The Kier molecular flexibility index (Phi) is 4.23. The number of rotatable bonds is 4. The molecule has 0 fully saturated rings. The second-order valence-electron chi connectivity index (χ2n) is 3.55. The van der Waals surface area contributed by atoms with Gasteiger partial charge in [0, 0.05) is 10.7 Å². The van der Waals surface area contributed by atoms with Crippen LogP contribution in [0, 0.1) is 0 Å². The van der Waals surface area contributed by atoms with E-state index in [0.29, 0.717) is 9.92 Å². The molecule has 18 heavy (non-hydrogen) atoms. The molecule has 0 aliphatic heterocycles. The molecule has 0 unspecified atom stereocenters. The smallest absolute Gasteiger partial charge is 0.150 e. The fourth-order valence-corrected chi connectivity index (χ4v) is 2.36. The molecule has 0 spiro atoms. The Balaban J connectivity index is 2.08. The summed E-state index contributed by atoms with van der Waals surface area (Å²) in [7, 11) is 0.305. The molecule has 0 aromatic heterocycles. The fraction of sp³-hybridized carbons (Fsp3) is 0.0769. The van der Waals surface area contributed by atoms with Crippen LogP contribution < -0.4 is 9.46 Å². The van der Waals surface area contributed by atoms with E-state index in [4.69, 9.17) is 16.3 Å². The average Bonchev–Trinajstić information content (AvgIpc) is 2.40. The van der Waals surface area contributed by atoms with Gasteiger partial charge in [0.15, 0.2) is 0 Å². The van der Waals surface area contributed by atoms with Crippen LogP contribution in [0.4, 0.5) is 5.69 Å². The number of methoxy groups -OCH3 is 1. The molecule has 2 aromatic rings. The van der Waals surface area contributed by atoms with Crippen molar-refractivity contribution in [2.24, 2.45) is 0 Å². The molecule has 1 N–H and O–H groups in total. The summed E-state index contributed by atoms with van der Waals surface area (Å²) in [6.07, 6.45) is 0. The van der Waals surface area contributed by atoms with Crippen LogP contribution >= 0.6 is 11.6 Å². The molecule has 0 radical (unpaired) electrons. The van der Waals surface area contributed by atoms with Crippen molar-refractivity contribution < 1.29 is 8.95 Å². The molecule has 0 aliphatic rings. The zero-order chi connectivity index (χ0) is 13.0.